The highest BCUT2D eigenvalue weighted by Gasteiger charge is 2.60. The van der Waals surface area contributed by atoms with Crippen molar-refractivity contribution in [1.29, 1.82) is 0 Å². The lowest BCUT2D eigenvalue weighted by molar-refractivity contribution is 0.195. The Balaban J connectivity index is 1.31. The molecule has 5 aromatic carbocycles. The SMILES string of the molecule is CC12CCCCC1(C)N1c3cccc4c3N(c3cccc(N(c5ccccc5)c5ccccc5)c3O4)c3cccc2c31. The summed E-state index contributed by atoms with van der Waals surface area (Å²) in [6.07, 6.45) is 4.95. The monoisotopic (exact) mass is 547 g/mol. The Morgan fingerprint density at radius 1 is 0.619 bits per heavy atom. The number of nitrogens with zero attached hydrogens (tertiary/aromatic N) is 3. The van der Waals surface area contributed by atoms with Gasteiger partial charge in [0.2, 0.25) is 0 Å². The van der Waals surface area contributed by atoms with Gasteiger partial charge in [0.05, 0.1) is 34.0 Å². The Kier molecular flexibility index (Phi) is 4.80. The van der Waals surface area contributed by atoms with Crippen LogP contribution in [0.4, 0.5) is 45.5 Å². The molecular weight excluding hydrogens is 514 g/mol. The standard InChI is InChI=1S/C38H33N3O/c1-37-24-9-10-25-38(37,2)41-30-20-13-23-33-35(30)40(29-19-11-18-28(37)34(29)41)32-22-12-21-31(36(32)42-33)39(26-14-5-3-6-15-26)27-16-7-4-8-17-27/h3-8,11-23H,9-10,24-25H2,1-2H3. The molecule has 0 N–H and O–H groups in total. The van der Waals surface area contributed by atoms with Gasteiger partial charge in [-0.15, -0.1) is 0 Å². The molecule has 9 rings (SSSR count). The van der Waals surface area contributed by atoms with E-state index >= 15 is 0 Å². The minimum atomic E-state index is 0.0183. The minimum Gasteiger partial charge on any atom is -0.451 e. The number of anilines is 8. The normalized spacial score (nSPS) is 22.4. The molecule has 5 aromatic rings. The fraction of sp³-hybridized carbons (Fsp3) is 0.211. The maximum Gasteiger partial charge on any atom is 0.175 e. The first-order valence-electron chi connectivity index (χ1n) is 15.2. The van der Waals surface area contributed by atoms with Gasteiger partial charge >= 0.3 is 0 Å². The van der Waals surface area contributed by atoms with Gasteiger partial charge in [0.15, 0.2) is 11.5 Å². The highest BCUT2D eigenvalue weighted by Crippen LogP contribution is 2.70. The van der Waals surface area contributed by atoms with E-state index in [2.05, 4.69) is 144 Å². The second-order valence-corrected chi connectivity index (χ2v) is 12.5. The van der Waals surface area contributed by atoms with Crippen LogP contribution in [0.3, 0.4) is 0 Å². The van der Waals surface area contributed by atoms with Gasteiger partial charge in [-0.2, -0.15) is 0 Å². The van der Waals surface area contributed by atoms with Gasteiger partial charge in [-0.25, -0.2) is 0 Å². The van der Waals surface area contributed by atoms with Gasteiger partial charge in [-0.1, -0.05) is 80.4 Å². The highest BCUT2D eigenvalue weighted by molar-refractivity contribution is 6.07. The van der Waals surface area contributed by atoms with Crippen LogP contribution in [0.15, 0.2) is 115 Å². The second-order valence-electron chi connectivity index (χ2n) is 12.5. The van der Waals surface area contributed by atoms with Crippen molar-refractivity contribution in [2.75, 3.05) is 14.7 Å². The Bertz CT molecular complexity index is 1830. The molecule has 0 bridgehead atoms. The molecule has 0 saturated heterocycles. The molecule has 4 nitrogen and oxygen atoms in total. The third kappa shape index (κ3) is 2.92. The van der Waals surface area contributed by atoms with E-state index in [4.69, 9.17) is 4.74 Å². The highest BCUT2D eigenvalue weighted by atomic mass is 16.5. The van der Waals surface area contributed by atoms with E-state index in [0.29, 0.717) is 0 Å². The lowest BCUT2D eigenvalue weighted by atomic mass is 9.61. The van der Waals surface area contributed by atoms with Crippen LogP contribution in [-0.4, -0.2) is 5.54 Å². The van der Waals surface area contributed by atoms with Gasteiger partial charge in [-0.05, 0) is 79.9 Å². The summed E-state index contributed by atoms with van der Waals surface area (Å²) in [6, 6.07) is 41.3. The van der Waals surface area contributed by atoms with E-state index in [1.165, 1.54) is 48.3 Å². The fourth-order valence-electron chi connectivity index (χ4n) is 8.33. The molecule has 3 aliphatic heterocycles. The molecular formula is C38H33N3O. The molecule has 1 saturated carbocycles. The van der Waals surface area contributed by atoms with Crippen LogP contribution in [0, 0.1) is 0 Å². The van der Waals surface area contributed by atoms with Crippen molar-refractivity contribution in [2.24, 2.45) is 0 Å². The van der Waals surface area contributed by atoms with E-state index in [9.17, 15) is 0 Å². The molecule has 4 aliphatic rings. The number of rotatable bonds is 3. The van der Waals surface area contributed by atoms with Crippen molar-refractivity contribution < 1.29 is 4.74 Å². The molecule has 206 valence electrons. The molecule has 1 aliphatic carbocycles. The van der Waals surface area contributed by atoms with Crippen molar-refractivity contribution in [3.8, 4) is 11.5 Å². The molecule has 0 spiro atoms. The molecule has 1 fully saturated rings. The second kappa shape index (κ2) is 8.42. The third-order valence-electron chi connectivity index (χ3n) is 10.5. The molecule has 4 heteroatoms. The third-order valence-corrected chi connectivity index (χ3v) is 10.5. The first-order chi connectivity index (χ1) is 20.6. The molecule has 42 heavy (non-hydrogen) atoms. The largest absolute Gasteiger partial charge is 0.451 e. The maximum atomic E-state index is 6.99. The van der Waals surface area contributed by atoms with Crippen LogP contribution in [0.1, 0.15) is 45.1 Å². The Labute approximate surface area is 247 Å². The first kappa shape index (κ1) is 24.0. The number of fused-ring (bicyclic) bond motifs is 7. The predicted molar refractivity (Wildman–Crippen MR) is 172 cm³/mol. The zero-order chi connectivity index (χ0) is 28.1. The zero-order valence-corrected chi connectivity index (χ0v) is 24.0. The van der Waals surface area contributed by atoms with E-state index in [-0.39, 0.29) is 11.0 Å². The first-order valence-corrected chi connectivity index (χ1v) is 15.2. The van der Waals surface area contributed by atoms with Crippen LogP contribution in [0.2, 0.25) is 0 Å². The van der Waals surface area contributed by atoms with Gasteiger partial charge < -0.3 is 14.5 Å². The van der Waals surface area contributed by atoms with Crippen molar-refractivity contribution >= 4 is 45.5 Å². The van der Waals surface area contributed by atoms with Crippen LogP contribution in [-0.2, 0) is 5.41 Å². The molecule has 2 unspecified atom stereocenters. The van der Waals surface area contributed by atoms with E-state index in [1.54, 1.807) is 0 Å². The Morgan fingerprint density at radius 3 is 2.02 bits per heavy atom. The number of benzene rings is 5. The topological polar surface area (TPSA) is 19.0 Å². The van der Waals surface area contributed by atoms with E-state index < -0.39 is 0 Å². The quantitative estimate of drug-likeness (QED) is 0.219. The maximum absolute atomic E-state index is 6.99. The zero-order valence-electron chi connectivity index (χ0n) is 24.0. The van der Waals surface area contributed by atoms with E-state index in [1.807, 2.05) is 0 Å². The molecule has 2 atom stereocenters. The Hall–Kier alpha value is -4.70. The van der Waals surface area contributed by atoms with Crippen molar-refractivity contribution in [1.82, 2.24) is 0 Å². The summed E-state index contributed by atoms with van der Waals surface area (Å²) in [7, 11) is 0. The van der Waals surface area contributed by atoms with Gasteiger partial charge in [0.25, 0.3) is 0 Å². The van der Waals surface area contributed by atoms with Crippen molar-refractivity contribution in [3.05, 3.63) is 121 Å². The van der Waals surface area contributed by atoms with E-state index in [0.717, 1.165) is 39.9 Å². The van der Waals surface area contributed by atoms with Crippen LogP contribution < -0.4 is 19.4 Å². The molecule has 0 amide bonds. The molecule has 0 aromatic heterocycles. The van der Waals surface area contributed by atoms with Gasteiger partial charge in [0, 0.05) is 16.8 Å². The summed E-state index contributed by atoms with van der Waals surface area (Å²) in [5.41, 5.74) is 10.9. The molecule has 3 heterocycles. The summed E-state index contributed by atoms with van der Waals surface area (Å²) < 4.78 is 6.99. The fourth-order valence-corrected chi connectivity index (χ4v) is 8.33. The number of hydrogen-bond donors (Lipinski definition) is 0. The summed E-state index contributed by atoms with van der Waals surface area (Å²) in [5, 5.41) is 0. The van der Waals surface area contributed by atoms with Gasteiger partial charge in [0.1, 0.15) is 5.69 Å². The van der Waals surface area contributed by atoms with Crippen molar-refractivity contribution in [3.63, 3.8) is 0 Å². The van der Waals surface area contributed by atoms with Crippen LogP contribution in [0.25, 0.3) is 0 Å². The van der Waals surface area contributed by atoms with Crippen LogP contribution >= 0.6 is 0 Å². The summed E-state index contributed by atoms with van der Waals surface area (Å²) >= 11 is 0. The lowest BCUT2D eigenvalue weighted by Crippen LogP contribution is -2.55. The van der Waals surface area contributed by atoms with Crippen molar-refractivity contribution in [2.45, 2.75) is 50.5 Å². The summed E-state index contributed by atoms with van der Waals surface area (Å²) in [5.74, 6) is 1.77. The minimum absolute atomic E-state index is 0.0183. The predicted octanol–water partition coefficient (Wildman–Crippen LogP) is 10.8. The lowest BCUT2D eigenvalue weighted by Gasteiger charge is -2.52. The van der Waals surface area contributed by atoms with Crippen LogP contribution in [0.5, 0.6) is 11.5 Å². The number of ether oxygens (including phenoxy) is 1. The smallest absolute Gasteiger partial charge is 0.175 e. The number of hydrogen-bond acceptors (Lipinski definition) is 4. The summed E-state index contributed by atoms with van der Waals surface area (Å²) in [6.45, 7) is 5.01. The average molecular weight is 548 g/mol. The average Bonchev–Trinajstić information content (AvgIpc) is 3.25. The van der Waals surface area contributed by atoms with Gasteiger partial charge in [-0.3, -0.25) is 4.90 Å². The number of para-hydroxylation sites is 5. The molecule has 0 radical (unpaired) electrons. The summed E-state index contributed by atoms with van der Waals surface area (Å²) in [4.78, 5) is 7.46. The Morgan fingerprint density at radius 2 is 1.26 bits per heavy atom.